The molecular weight excluding hydrogens is 204 g/mol. The summed E-state index contributed by atoms with van der Waals surface area (Å²) in [6.45, 7) is 4.13. The minimum atomic E-state index is -3.05. The molecule has 0 aromatic carbocycles. The Morgan fingerprint density at radius 1 is 1.36 bits per heavy atom. The van der Waals surface area contributed by atoms with E-state index in [1.165, 1.54) is 0 Å². The lowest BCUT2D eigenvalue weighted by molar-refractivity contribution is -0.130. The number of ketones is 1. The molecule has 0 spiro atoms. The Morgan fingerprint density at radius 3 is 2.29 bits per heavy atom. The third-order valence-corrected chi connectivity index (χ3v) is 2.76. The maximum absolute atomic E-state index is 11.4. The third kappa shape index (κ3) is 6.10. The minimum absolute atomic E-state index is 0.0529. The predicted molar refractivity (Wildman–Crippen MR) is 55.0 cm³/mol. The molecule has 0 aromatic heterocycles. The van der Waals surface area contributed by atoms with E-state index in [4.69, 9.17) is 4.74 Å². The molecule has 0 amide bonds. The number of hydrogen-bond donors (Lipinski definition) is 0. The van der Waals surface area contributed by atoms with Crippen LogP contribution >= 0.6 is 0 Å². The van der Waals surface area contributed by atoms with Crippen LogP contribution in [0.4, 0.5) is 0 Å². The zero-order valence-electron chi connectivity index (χ0n) is 8.95. The van der Waals surface area contributed by atoms with Gasteiger partial charge in [0.15, 0.2) is 5.78 Å². The molecule has 0 N–H and O–H groups in total. The highest BCUT2D eigenvalue weighted by Gasteiger charge is 2.17. The molecule has 0 radical (unpaired) electrons. The summed E-state index contributed by atoms with van der Waals surface area (Å²) in [7, 11) is -3.05. The van der Waals surface area contributed by atoms with Crippen LogP contribution in [0.5, 0.6) is 0 Å². The first-order chi connectivity index (χ1) is 6.40. The lowest BCUT2D eigenvalue weighted by Gasteiger charge is -2.12. The van der Waals surface area contributed by atoms with Crippen LogP contribution in [0.3, 0.4) is 0 Å². The molecule has 1 unspecified atom stereocenters. The highest BCUT2D eigenvalue weighted by molar-refractivity contribution is 7.90. The van der Waals surface area contributed by atoms with E-state index in [1.807, 2.05) is 13.8 Å². The quantitative estimate of drug-likeness (QED) is 0.639. The number of ether oxygens (including phenoxy) is 1. The molecule has 0 saturated heterocycles. The first-order valence-corrected chi connectivity index (χ1v) is 6.78. The van der Waals surface area contributed by atoms with Gasteiger partial charge in [0, 0.05) is 19.3 Å². The first kappa shape index (κ1) is 13.6. The van der Waals surface area contributed by atoms with E-state index in [9.17, 15) is 13.2 Å². The highest BCUT2D eigenvalue weighted by Crippen LogP contribution is 2.03. The van der Waals surface area contributed by atoms with Crippen molar-refractivity contribution < 1.29 is 17.9 Å². The Labute approximate surface area is 85.6 Å². The van der Waals surface area contributed by atoms with Crippen LogP contribution in [0, 0.1) is 0 Å². The monoisotopic (exact) mass is 222 g/mol. The largest absolute Gasteiger partial charge is 0.371 e. The van der Waals surface area contributed by atoms with Crippen LogP contribution in [0.2, 0.25) is 0 Å². The van der Waals surface area contributed by atoms with Crippen molar-refractivity contribution in [3.63, 3.8) is 0 Å². The zero-order chi connectivity index (χ0) is 11.2. The minimum Gasteiger partial charge on any atom is -0.371 e. The standard InChI is InChI=1S/C9H18O4S/c1-4-9(13-5-2)8(10)6-7-14(3,11)12/h9H,4-7H2,1-3H3. The van der Waals surface area contributed by atoms with Gasteiger partial charge in [0.1, 0.15) is 15.9 Å². The van der Waals surface area contributed by atoms with Crippen molar-refractivity contribution in [3.8, 4) is 0 Å². The van der Waals surface area contributed by atoms with E-state index in [0.717, 1.165) is 6.26 Å². The van der Waals surface area contributed by atoms with Gasteiger partial charge in [-0.25, -0.2) is 8.42 Å². The van der Waals surface area contributed by atoms with Crippen molar-refractivity contribution in [1.82, 2.24) is 0 Å². The van der Waals surface area contributed by atoms with Gasteiger partial charge in [-0.05, 0) is 13.3 Å². The van der Waals surface area contributed by atoms with Crippen molar-refractivity contribution in [2.24, 2.45) is 0 Å². The fourth-order valence-electron chi connectivity index (χ4n) is 1.09. The van der Waals surface area contributed by atoms with Crippen molar-refractivity contribution in [3.05, 3.63) is 0 Å². The van der Waals surface area contributed by atoms with Crippen LogP contribution in [-0.2, 0) is 19.4 Å². The van der Waals surface area contributed by atoms with Gasteiger partial charge in [-0.2, -0.15) is 0 Å². The third-order valence-electron chi connectivity index (χ3n) is 1.82. The molecule has 84 valence electrons. The molecule has 0 aliphatic heterocycles. The second-order valence-corrected chi connectivity index (χ2v) is 5.46. The van der Waals surface area contributed by atoms with Crippen LogP contribution < -0.4 is 0 Å². The molecule has 1 atom stereocenters. The summed E-state index contributed by atoms with van der Waals surface area (Å²) in [4.78, 5) is 11.4. The number of Topliss-reactive ketones (excluding diaryl/α,β-unsaturated/α-hetero) is 1. The summed E-state index contributed by atoms with van der Waals surface area (Å²) in [5, 5.41) is 0. The lowest BCUT2D eigenvalue weighted by Crippen LogP contribution is -2.25. The van der Waals surface area contributed by atoms with Gasteiger partial charge in [-0.15, -0.1) is 0 Å². The van der Waals surface area contributed by atoms with Crippen molar-refractivity contribution in [2.75, 3.05) is 18.6 Å². The first-order valence-electron chi connectivity index (χ1n) is 4.72. The summed E-state index contributed by atoms with van der Waals surface area (Å²) >= 11 is 0. The van der Waals surface area contributed by atoms with E-state index in [2.05, 4.69) is 0 Å². The number of rotatable bonds is 7. The number of carbonyl (C=O) groups is 1. The topological polar surface area (TPSA) is 60.4 Å². The summed E-state index contributed by atoms with van der Waals surface area (Å²) in [6, 6.07) is 0. The summed E-state index contributed by atoms with van der Waals surface area (Å²) in [6.07, 6.45) is 1.33. The van der Waals surface area contributed by atoms with Gasteiger partial charge in [-0.1, -0.05) is 6.92 Å². The fraction of sp³-hybridized carbons (Fsp3) is 0.889. The summed E-state index contributed by atoms with van der Waals surface area (Å²) in [5.41, 5.74) is 0. The van der Waals surface area contributed by atoms with Crippen LogP contribution in [0.15, 0.2) is 0 Å². The van der Waals surface area contributed by atoms with Gasteiger partial charge in [0.2, 0.25) is 0 Å². The molecule has 5 heteroatoms. The van der Waals surface area contributed by atoms with E-state index in [-0.39, 0.29) is 18.0 Å². The van der Waals surface area contributed by atoms with Crippen molar-refractivity contribution in [1.29, 1.82) is 0 Å². The molecule has 0 fully saturated rings. The van der Waals surface area contributed by atoms with E-state index in [1.54, 1.807) is 0 Å². The number of sulfone groups is 1. The normalized spacial score (nSPS) is 13.9. The predicted octanol–water partition coefficient (Wildman–Crippen LogP) is 0.805. The summed E-state index contributed by atoms with van der Waals surface area (Å²) in [5.74, 6) is -0.213. The molecule has 0 aromatic rings. The number of carbonyl (C=O) groups excluding carboxylic acids is 1. The average Bonchev–Trinajstić information content (AvgIpc) is 2.09. The number of hydrogen-bond acceptors (Lipinski definition) is 4. The van der Waals surface area contributed by atoms with Gasteiger partial charge in [0.05, 0.1) is 5.75 Å². The Hall–Kier alpha value is -0.420. The molecular formula is C9H18O4S. The van der Waals surface area contributed by atoms with Crippen LogP contribution in [0.1, 0.15) is 26.7 Å². The van der Waals surface area contributed by atoms with Gasteiger partial charge in [0.25, 0.3) is 0 Å². The average molecular weight is 222 g/mol. The van der Waals surface area contributed by atoms with E-state index in [0.29, 0.717) is 13.0 Å². The van der Waals surface area contributed by atoms with Crippen LogP contribution in [-0.4, -0.2) is 38.9 Å². The molecule has 4 nitrogen and oxygen atoms in total. The molecule has 0 aliphatic rings. The van der Waals surface area contributed by atoms with Crippen molar-refractivity contribution >= 4 is 15.6 Å². The highest BCUT2D eigenvalue weighted by atomic mass is 32.2. The van der Waals surface area contributed by atoms with Gasteiger partial charge >= 0.3 is 0 Å². The second kappa shape index (κ2) is 6.14. The molecule has 0 heterocycles. The Kier molecular flexibility index (Phi) is 5.95. The van der Waals surface area contributed by atoms with Crippen LogP contribution in [0.25, 0.3) is 0 Å². The Bertz CT molecular complexity index is 269. The van der Waals surface area contributed by atoms with Crippen molar-refractivity contribution in [2.45, 2.75) is 32.8 Å². The Balaban J connectivity index is 4.05. The van der Waals surface area contributed by atoms with E-state index >= 15 is 0 Å². The maximum atomic E-state index is 11.4. The summed E-state index contributed by atoms with van der Waals surface area (Å²) < 4.78 is 26.8. The van der Waals surface area contributed by atoms with Gasteiger partial charge < -0.3 is 4.74 Å². The lowest BCUT2D eigenvalue weighted by atomic mass is 10.1. The molecule has 14 heavy (non-hydrogen) atoms. The van der Waals surface area contributed by atoms with E-state index < -0.39 is 15.9 Å². The molecule has 0 saturated carbocycles. The SMILES string of the molecule is CCOC(CC)C(=O)CCS(C)(=O)=O. The molecule has 0 bridgehead atoms. The zero-order valence-corrected chi connectivity index (χ0v) is 9.76. The molecule has 0 rings (SSSR count). The maximum Gasteiger partial charge on any atom is 0.162 e. The fourth-order valence-corrected chi connectivity index (χ4v) is 1.66. The smallest absolute Gasteiger partial charge is 0.162 e. The van der Waals surface area contributed by atoms with Gasteiger partial charge in [-0.3, -0.25) is 4.79 Å². The molecule has 0 aliphatic carbocycles. The Morgan fingerprint density at radius 2 is 1.93 bits per heavy atom. The second-order valence-electron chi connectivity index (χ2n) is 3.20.